The highest BCUT2D eigenvalue weighted by atomic mass is 16.3. The second kappa shape index (κ2) is 6.37. The SMILES string of the molecule is Cc1cc2nc(N3C(=O)C(O)=C(C(=O)C(C)C)C3c3ccco3)[nH]c2cc1C. The van der Waals surface area contributed by atoms with E-state index in [1.54, 1.807) is 26.0 Å². The molecule has 2 N–H and O–H groups in total. The topological polar surface area (TPSA) is 99.4 Å². The molecule has 0 fully saturated rings. The van der Waals surface area contributed by atoms with E-state index in [1.165, 1.54) is 11.2 Å². The van der Waals surface area contributed by atoms with Crippen molar-refractivity contribution >= 4 is 28.7 Å². The monoisotopic (exact) mass is 379 g/mol. The Balaban J connectivity index is 1.88. The lowest BCUT2D eigenvalue weighted by atomic mass is 9.94. The Kier molecular flexibility index (Phi) is 4.10. The van der Waals surface area contributed by atoms with Crippen molar-refractivity contribution in [1.29, 1.82) is 0 Å². The molecule has 7 heteroatoms. The number of nitrogens with one attached hydrogen (secondary N) is 1. The number of fused-ring (bicyclic) bond motifs is 1. The summed E-state index contributed by atoms with van der Waals surface area (Å²) in [6.07, 6.45) is 1.47. The number of rotatable bonds is 4. The molecule has 2 aromatic heterocycles. The summed E-state index contributed by atoms with van der Waals surface area (Å²) in [7, 11) is 0. The van der Waals surface area contributed by atoms with E-state index in [0.29, 0.717) is 11.3 Å². The van der Waals surface area contributed by atoms with Gasteiger partial charge in [-0.25, -0.2) is 4.98 Å². The standard InChI is InChI=1S/C21H21N3O4/c1-10(2)18(25)16-17(15-6-5-7-28-15)24(20(27)19(16)26)21-22-13-8-11(3)12(4)9-14(13)23-21/h5-10,17,26H,1-4H3,(H,22,23). The van der Waals surface area contributed by atoms with Crippen molar-refractivity contribution in [2.45, 2.75) is 33.7 Å². The number of aliphatic hydroxyl groups is 1. The number of aliphatic hydroxyl groups excluding tert-OH is 1. The minimum atomic E-state index is -0.875. The summed E-state index contributed by atoms with van der Waals surface area (Å²) in [6.45, 7) is 7.43. The Labute approximate surface area is 161 Å². The fraction of sp³-hybridized carbons (Fsp3) is 0.286. The van der Waals surface area contributed by atoms with Crippen LogP contribution in [0.2, 0.25) is 0 Å². The van der Waals surface area contributed by atoms with Crippen LogP contribution in [-0.2, 0) is 9.59 Å². The first-order chi connectivity index (χ1) is 13.3. The molecule has 1 amide bonds. The van der Waals surface area contributed by atoms with Gasteiger partial charge in [0.05, 0.1) is 22.9 Å². The Morgan fingerprint density at radius 1 is 1.29 bits per heavy atom. The molecule has 1 aromatic carbocycles. The van der Waals surface area contributed by atoms with Crippen LogP contribution in [-0.4, -0.2) is 26.8 Å². The third kappa shape index (κ3) is 2.62. The smallest absolute Gasteiger partial charge is 0.296 e. The largest absolute Gasteiger partial charge is 0.503 e. The zero-order chi connectivity index (χ0) is 20.2. The number of aromatic nitrogens is 2. The van der Waals surface area contributed by atoms with Crippen LogP contribution >= 0.6 is 0 Å². The average molecular weight is 379 g/mol. The van der Waals surface area contributed by atoms with Gasteiger partial charge in [-0.15, -0.1) is 0 Å². The van der Waals surface area contributed by atoms with Crippen LogP contribution in [0.4, 0.5) is 5.95 Å². The van der Waals surface area contributed by atoms with E-state index in [4.69, 9.17) is 4.42 Å². The molecule has 3 heterocycles. The number of anilines is 1. The number of nitrogens with zero attached hydrogens (tertiary/aromatic N) is 2. The number of furan rings is 1. The second-order valence-corrected chi connectivity index (χ2v) is 7.39. The molecule has 0 radical (unpaired) electrons. The van der Waals surface area contributed by atoms with Crippen LogP contribution in [0.25, 0.3) is 11.0 Å². The highest BCUT2D eigenvalue weighted by molar-refractivity contribution is 6.16. The number of amides is 1. The second-order valence-electron chi connectivity index (χ2n) is 7.39. The van der Waals surface area contributed by atoms with Crippen LogP contribution in [0.5, 0.6) is 0 Å². The number of hydrogen-bond acceptors (Lipinski definition) is 5. The number of aromatic amines is 1. The molecule has 0 aliphatic carbocycles. The van der Waals surface area contributed by atoms with Gasteiger partial charge >= 0.3 is 0 Å². The molecule has 7 nitrogen and oxygen atoms in total. The molecule has 0 bridgehead atoms. The van der Waals surface area contributed by atoms with E-state index < -0.39 is 17.7 Å². The Morgan fingerprint density at radius 3 is 2.64 bits per heavy atom. The Hall–Kier alpha value is -3.35. The number of imidazole rings is 1. The normalized spacial score (nSPS) is 17.4. The molecule has 1 aliphatic heterocycles. The summed E-state index contributed by atoms with van der Waals surface area (Å²) in [6, 6.07) is 6.36. The van der Waals surface area contributed by atoms with Crippen LogP contribution < -0.4 is 4.90 Å². The Bertz CT molecular complexity index is 1080. The fourth-order valence-electron chi connectivity index (χ4n) is 3.47. The van der Waals surface area contributed by atoms with Crippen molar-refractivity contribution in [2.75, 3.05) is 4.90 Å². The average Bonchev–Trinajstić information content (AvgIpc) is 3.34. The molecule has 144 valence electrons. The van der Waals surface area contributed by atoms with Crippen LogP contribution in [0.1, 0.15) is 36.8 Å². The van der Waals surface area contributed by atoms with E-state index in [1.807, 2.05) is 26.0 Å². The molecule has 28 heavy (non-hydrogen) atoms. The maximum Gasteiger partial charge on any atom is 0.296 e. The first kappa shape index (κ1) is 18.0. The lowest BCUT2D eigenvalue weighted by Crippen LogP contribution is -2.32. The number of benzene rings is 1. The van der Waals surface area contributed by atoms with Gasteiger partial charge in [0.25, 0.3) is 5.91 Å². The summed E-state index contributed by atoms with van der Waals surface area (Å²) in [5.74, 6) is -1.30. The number of aryl methyl sites for hydroxylation is 2. The highest BCUT2D eigenvalue weighted by Gasteiger charge is 2.47. The summed E-state index contributed by atoms with van der Waals surface area (Å²) >= 11 is 0. The number of ketones is 1. The van der Waals surface area contributed by atoms with Gasteiger partial charge in [-0.1, -0.05) is 13.8 Å². The van der Waals surface area contributed by atoms with Crippen LogP contribution in [0, 0.1) is 19.8 Å². The maximum absolute atomic E-state index is 12.9. The van der Waals surface area contributed by atoms with Crippen molar-refractivity contribution in [3.8, 4) is 0 Å². The van der Waals surface area contributed by atoms with Gasteiger partial charge < -0.3 is 14.5 Å². The lowest BCUT2D eigenvalue weighted by Gasteiger charge is -2.22. The number of carbonyl (C=O) groups is 2. The molecule has 1 atom stereocenters. The molecular formula is C21H21N3O4. The summed E-state index contributed by atoms with van der Waals surface area (Å²) in [5.41, 5.74) is 3.68. The molecule has 1 aliphatic rings. The molecule has 0 spiro atoms. The molecule has 0 saturated heterocycles. The van der Waals surface area contributed by atoms with Gasteiger partial charge in [-0.05, 0) is 49.2 Å². The van der Waals surface area contributed by atoms with E-state index in [2.05, 4.69) is 9.97 Å². The van der Waals surface area contributed by atoms with Crippen molar-refractivity contribution < 1.29 is 19.1 Å². The first-order valence-electron chi connectivity index (χ1n) is 9.11. The third-order valence-electron chi connectivity index (χ3n) is 5.12. The first-order valence-corrected chi connectivity index (χ1v) is 9.11. The highest BCUT2D eigenvalue weighted by Crippen LogP contribution is 2.41. The minimum absolute atomic E-state index is 0.0303. The predicted octanol–water partition coefficient (Wildman–Crippen LogP) is 3.90. The molecule has 0 saturated carbocycles. The van der Waals surface area contributed by atoms with E-state index in [0.717, 1.165) is 16.6 Å². The van der Waals surface area contributed by atoms with Gasteiger partial charge in [0.15, 0.2) is 11.5 Å². The maximum atomic E-state index is 12.9. The molecule has 4 rings (SSSR count). The van der Waals surface area contributed by atoms with E-state index in [9.17, 15) is 14.7 Å². The fourth-order valence-corrected chi connectivity index (χ4v) is 3.47. The van der Waals surface area contributed by atoms with Crippen LogP contribution in [0.15, 0.2) is 46.3 Å². The summed E-state index contributed by atoms with van der Waals surface area (Å²) in [5, 5.41) is 10.5. The van der Waals surface area contributed by atoms with Crippen molar-refractivity contribution in [3.63, 3.8) is 0 Å². The Morgan fingerprint density at radius 2 is 2.00 bits per heavy atom. The summed E-state index contributed by atoms with van der Waals surface area (Å²) in [4.78, 5) is 34.7. The number of Topliss-reactive ketones (excluding diaryl/α,β-unsaturated/α-hetero) is 1. The van der Waals surface area contributed by atoms with Crippen molar-refractivity contribution in [2.24, 2.45) is 5.92 Å². The third-order valence-corrected chi connectivity index (χ3v) is 5.12. The zero-order valence-electron chi connectivity index (χ0n) is 16.1. The van der Waals surface area contributed by atoms with Gasteiger partial charge in [-0.3, -0.25) is 14.5 Å². The van der Waals surface area contributed by atoms with Gasteiger partial charge in [0, 0.05) is 5.92 Å². The van der Waals surface area contributed by atoms with Crippen LogP contribution in [0.3, 0.4) is 0 Å². The van der Waals surface area contributed by atoms with E-state index >= 15 is 0 Å². The number of hydrogen-bond donors (Lipinski definition) is 2. The minimum Gasteiger partial charge on any atom is -0.503 e. The quantitative estimate of drug-likeness (QED) is 0.716. The van der Waals surface area contributed by atoms with Gasteiger partial charge in [0.2, 0.25) is 5.95 Å². The molecule has 3 aromatic rings. The lowest BCUT2D eigenvalue weighted by molar-refractivity contribution is -0.119. The van der Waals surface area contributed by atoms with Gasteiger partial charge in [-0.2, -0.15) is 0 Å². The predicted molar refractivity (Wildman–Crippen MR) is 104 cm³/mol. The van der Waals surface area contributed by atoms with E-state index in [-0.39, 0.29) is 23.2 Å². The molecular weight excluding hydrogens is 358 g/mol. The van der Waals surface area contributed by atoms with Gasteiger partial charge in [0.1, 0.15) is 11.8 Å². The molecule has 1 unspecified atom stereocenters. The summed E-state index contributed by atoms with van der Waals surface area (Å²) < 4.78 is 5.51. The van der Waals surface area contributed by atoms with Crippen molar-refractivity contribution in [1.82, 2.24) is 9.97 Å². The number of carbonyl (C=O) groups excluding carboxylic acids is 2. The van der Waals surface area contributed by atoms with Crippen molar-refractivity contribution in [3.05, 3.63) is 58.7 Å². The zero-order valence-corrected chi connectivity index (χ0v) is 16.1. The number of H-pyrrole nitrogens is 1.